The molecule has 182 valence electrons. The highest BCUT2D eigenvalue weighted by Crippen LogP contribution is 2.61. The minimum Gasteiger partial charge on any atom is -0.508 e. The molecule has 1 amide bonds. The highest BCUT2D eigenvalue weighted by molar-refractivity contribution is 6.00. The van der Waals surface area contributed by atoms with Gasteiger partial charge in [-0.25, -0.2) is 0 Å². The average molecular weight is 464 g/mol. The Morgan fingerprint density at radius 1 is 1.00 bits per heavy atom. The topological polar surface area (TPSA) is 86.6 Å². The number of phenols is 2. The molecule has 0 saturated heterocycles. The van der Waals surface area contributed by atoms with Crippen LogP contribution < -0.4 is 5.32 Å². The van der Waals surface area contributed by atoms with Crippen LogP contribution in [0, 0.1) is 35.5 Å². The summed E-state index contributed by atoms with van der Waals surface area (Å²) < 4.78 is 0. The predicted octanol–water partition coefficient (Wildman–Crippen LogP) is 5.88. The summed E-state index contributed by atoms with van der Waals surface area (Å²) in [5.74, 6) is -0.600. The monoisotopic (exact) mass is 463 g/mol. The van der Waals surface area contributed by atoms with Gasteiger partial charge in [-0.1, -0.05) is 52.3 Å². The lowest BCUT2D eigenvalue weighted by Crippen LogP contribution is -2.60. The Morgan fingerprint density at radius 2 is 1.65 bits per heavy atom. The molecule has 5 unspecified atom stereocenters. The Morgan fingerprint density at radius 3 is 2.29 bits per heavy atom. The van der Waals surface area contributed by atoms with Crippen LogP contribution in [0.3, 0.4) is 0 Å². The van der Waals surface area contributed by atoms with Crippen LogP contribution in [0.15, 0.2) is 42.5 Å². The molecule has 2 aliphatic carbocycles. The molecule has 2 aliphatic rings. The van der Waals surface area contributed by atoms with Crippen LogP contribution in [0.4, 0.5) is 0 Å². The van der Waals surface area contributed by atoms with Crippen LogP contribution in [0.5, 0.6) is 11.5 Å². The van der Waals surface area contributed by atoms with Gasteiger partial charge in [-0.05, 0) is 72.6 Å². The van der Waals surface area contributed by atoms with E-state index in [4.69, 9.17) is 0 Å². The lowest BCUT2D eigenvalue weighted by atomic mass is 9.45. The lowest BCUT2D eigenvalue weighted by Gasteiger charge is -2.60. The molecule has 4 rings (SSSR count). The van der Waals surface area contributed by atoms with Gasteiger partial charge in [-0.15, -0.1) is 0 Å². The highest BCUT2D eigenvalue weighted by Gasteiger charge is 2.58. The molecule has 0 spiro atoms. The molecule has 5 heteroatoms. The van der Waals surface area contributed by atoms with Gasteiger partial charge >= 0.3 is 0 Å². The van der Waals surface area contributed by atoms with Crippen molar-refractivity contribution >= 4 is 11.7 Å². The van der Waals surface area contributed by atoms with Crippen LogP contribution in [0.2, 0.25) is 0 Å². The Hall–Kier alpha value is -2.82. The molecule has 5 nitrogen and oxygen atoms in total. The molecule has 0 heterocycles. The van der Waals surface area contributed by atoms with Gasteiger partial charge in [0.25, 0.3) is 5.91 Å². The number of hydrogen-bond acceptors (Lipinski definition) is 4. The fraction of sp³-hybridized carbons (Fsp3) is 0.517. The number of hydrogen-bond donors (Lipinski definition) is 3. The number of aromatic hydroxyl groups is 2. The number of phenolic OH excluding ortho intramolecular Hbond substituents is 2. The van der Waals surface area contributed by atoms with E-state index in [0.717, 1.165) is 31.2 Å². The largest absolute Gasteiger partial charge is 0.508 e. The molecule has 0 aliphatic heterocycles. The van der Waals surface area contributed by atoms with Crippen molar-refractivity contribution in [3.05, 3.63) is 59.2 Å². The van der Waals surface area contributed by atoms with Gasteiger partial charge in [0, 0.05) is 29.2 Å². The van der Waals surface area contributed by atoms with E-state index in [1.165, 1.54) is 18.2 Å². The van der Waals surface area contributed by atoms with E-state index in [1.807, 2.05) is 31.2 Å². The minimum atomic E-state index is -0.339. The first kappa shape index (κ1) is 24.3. The minimum absolute atomic E-state index is 0.0400. The van der Waals surface area contributed by atoms with Crippen LogP contribution in [-0.2, 0) is 0 Å². The van der Waals surface area contributed by atoms with E-state index in [1.54, 1.807) is 0 Å². The zero-order valence-electron chi connectivity index (χ0n) is 20.9. The molecule has 34 heavy (non-hydrogen) atoms. The summed E-state index contributed by atoms with van der Waals surface area (Å²) in [4.78, 5) is 27.3. The average Bonchev–Trinajstić information content (AvgIpc) is 2.74. The smallest absolute Gasteiger partial charge is 0.251 e. The number of fused-ring (bicyclic) bond motifs is 1. The van der Waals surface area contributed by atoms with Crippen molar-refractivity contribution in [2.24, 2.45) is 28.6 Å². The van der Waals surface area contributed by atoms with Crippen molar-refractivity contribution < 1.29 is 19.8 Å². The normalized spacial score (nSPS) is 30.3. The number of carbonyl (C=O) groups is 2. The number of rotatable bonds is 4. The molecule has 2 fully saturated rings. The number of carbonyl (C=O) groups excluding carboxylic acids is 2. The molecule has 2 saturated carbocycles. The summed E-state index contributed by atoms with van der Waals surface area (Å²) >= 11 is 0. The summed E-state index contributed by atoms with van der Waals surface area (Å²) in [6.45, 7) is 10.8. The molecule has 2 aromatic rings. The third-order valence-electron chi connectivity index (χ3n) is 8.81. The Labute approximate surface area is 202 Å². The van der Waals surface area contributed by atoms with Gasteiger partial charge in [-0.2, -0.15) is 0 Å². The summed E-state index contributed by atoms with van der Waals surface area (Å²) in [6, 6.07) is 11.5. The fourth-order valence-electron chi connectivity index (χ4n) is 7.15. The van der Waals surface area contributed by atoms with Crippen molar-refractivity contribution in [2.75, 3.05) is 0 Å². The maximum Gasteiger partial charge on any atom is 0.251 e. The molecule has 0 bridgehead atoms. The fourth-order valence-corrected chi connectivity index (χ4v) is 7.15. The quantitative estimate of drug-likeness (QED) is 0.495. The van der Waals surface area contributed by atoms with E-state index in [2.05, 4.69) is 33.0 Å². The first-order chi connectivity index (χ1) is 15.9. The number of benzene rings is 2. The van der Waals surface area contributed by atoms with E-state index < -0.39 is 0 Å². The summed E-state index contributed by atoms with van der Waals surface area (Å²) in [5, 5.41) is 23.4. The third-order valence-corrected chi connectivity index (χ3v) is 8.81. The summed E-state index contributed by atoms with van der Waals surface area (Å²) in [5.41, 5.74) is 1.71. The van der Waals surface area contributed by atoms with Gasteiger partial charge in [0.1, 0.15) is 11.5 Å². The molecule has 0 radical (unpaired) electrons. The second-order valence-corrected chi connectivity index (χ2v) is 11.5. The van der Waals surface area contributed by atoms with E-state index in [9.17, 15) is 19.8 Å². The van der Waals surface area contributed by atoms with Crippen LogP contribution >= 0.6 is 0 Å². The second kappa shape index (κ2) is 8.75. The van der Waals surface area contributed by atoms with Crippen molar-refractivity contribution in [2.45, 2.75) is 66.3 Å². The highest BCUT2D eigenvalue weighted by atomic mass is 16.3. The van der Waals surface area contributed by atoms with E-state index >= 15 is 0 Å². The predicted molar refractivity (Wildman–Crippen MR) is 133 cm³/mol. The van der Waals surface area contributed by atoms with Crippen LogP contribution in [0.25, 0.3) is 0 Å². The van der Waals surface area contributed by atoms with Gasteiger partial charge in [0.05, 0.1) is 0 Å². The Balaban J connectivity index is 1.74. The van der Waals surface area contributed by atoms with Gasteiger partial charge < -0.3 is 15.5 Å². The van der Waals surface area contributed by atoms with Crippen LogP contribution in [0.1, 0.15) is 79.7 Å². The number of aryl methyl sites for hydroxylation is 1. The van der Waals surface area contributed by atoms with Crippen molar-refractivity contribution in [1.82, 2.24) is 5.32 Å². The van der Waals surface area contributed by atoms with Crippen molar-refractivity contribution in [3.63, 3.8) is 0 Å². The zero-order valence-corrected chi connectivity index (χ0v) is 20.9. The van der Waals surface area contributed by atoms with Crippen molar-refractivity contribution in [3.8, 4) is 11.5 Å². The number of amides is 1. The lowest BCUT2D eigenvalue weighted by molar-refractivity contribution is -0.0902. The molecule has 5 atom stereocenters. The van der Waals surface area contributed by atoms with Gasteiger partial charge in [0.2, 0.25) is 0 Å². The van der Waals surface area contributed by atoms with Crippen LogP contribution in [-0.4, -0.2) is 27.9 Å². The number of nitrogens with one attached hydrogen (secondary N) is 1. The first-order valence-corrected chi connectivity index (χ1v) is 12.4. The summed E-state index contributed by atoms with van der Waals surface area (Å²) in [7, 11) is 0. The second-order valence-electron chi connectivity index (χ2n) is 11.5. The van der Waals surface area contributed by atoms with Gasteiger partial charge in [-0.3, -0.25) is 9.59 Å². The van der Waals surface area contributed by atoms with E-state index in [-0.39, 0.29) is 57.8 Å². The van der Waals surface area contributed by atoms with E-state index in [0.29, 0.717) is 11.1 Å². The Kier molecular flexibility index (Phi) is 6.26. The SMILES string of the molecule is Cc1ccccc1C(=O)NC1CC2C(C)(C)CCCC2(C)C(C(=O)c2cc(O)cc(O)c2)C1C. The maximum absolute atomic E-state index is 14.0. The molecular weight excluding hydrogens is 426 g/mol. The molecular formula is C29H37NO4. The molecule has 0 aromatic heterocycles. The van der Waals surface area contributed by atoms with Crippen molar-refractivity contribution in [1.29, 1.82) is 0 Å². The molecule has 2 aromatic carbocycles. The standard InChI is InChI=1S/C29H37NO4/c1-17-9-6-7-10-22(17)27(34)30-23-16-24-28(3,4)11-8-12-29(24,5)25(18(23)2)26(33)19-13-20(31)15-21(32)14-19/h6-7,9-10,13-15,18,23-25,31-32H,8,11-12,16H2,1-5H3,(H,30,34). The number of ketones is 1. The first-order valence-electron chi connectivity index (χ1n) is 12.4. The molecule has 3 N–H and O–H groups in total. The summed E-state index contributed by atoms with van der Waals surface area (Å²) in [6.07, 6.45) is 3.93. The Bertz CT molecular complexity index is 1090. The zero-order chi connectivity index (χ0) is 24.8. The number of Topliss-reactive ketones (excluding diaryl/α,β-unsaturated/α-hetero) is 1. The third kappa shape index (κ3) is 4.21. The maximum atomic E-state index is 14.0. The van der Waals surface area contributed by atoms with Gasteiger partial charge in [0.15, 0.2) is 5.78 Å².